The highest BCUT2D eigenvalue weighted by molar-refractivity contribution is 5.41. The molecule has 1 aromatic rings. The Morgan fingerprint density at radius 1 is 1.21 bits per heavy atom. The lowest BCUT2D eigenvalue weighted by molar-refractivity contribution is 0.0671. The maximum atomic E-state index is 12.2. The Labute approximate surface area is 111 Å². The minimum atomic E-state index is -2.43. The first-order valence-corrected chi connectivity index (χ1v) is 5.84. The van der Waals surface area contributed by atoms with Crippen LogP contribution >= 0.6 is 0 Å². The van der Waals surface area contributed by atoms with Crippen molar-refractivity contribution in [3.63, 3.8) is 0 Å². The number of aliphatic hydroxyl groups excluding tert-OH is 1. The zero-order valence-electron chi connectivity index (χ0n) is 11.3. The number of rotatable bonds is 7. The van der Waals surface area contributed by atoms with Crippen LogP contribution in [0.15, 0.2) is 18.2 Å². The highest BCUT2D eigenvalue weighted by Crippen LogP contribution is 2.29. The molecule has 0 spiro atoms. The first-order chi connectivity index (χ1) is 8.97. The normalized spacial score (nSPS) is 12.8. The molecule has 0 aliphatic heterocycles. The van der Waals surface area contributed by atoms with E-state index in [0.717, 1.165) is 0 Å². The van der Waals surface area contributed by atoms with Crippen LogP contribution < -0.4 is 9.47 Å². The van der Waals surface area contributed by atoms with E-state index in [1.165, 1.54) is 26.2 Å². The Bertz CT molecular complexity index is 401. The Morgan fingerprint density at radius 2 is 1.89 bits per heavy atom. The first-order valence-electron chi connectivity index (χ1n) is 5.84. The maximum absolute atomic E-state index is 12.2. The van der Waals surface area contributed by atoms with E-state index in [9.17, 15) is 13.9 Å². The van der Waals surface area contributed by atoms with E-state index in [1.807, 2.05) is 0 Å². The molecular formula is C13H19F2NO3. The number of ether oxygens (including phenoxy) is 2. The minimum Gasteiger partial charge on any atom is -0.497 e. The zero-order valence-corrected chi connectivity index (χ0v) is 11.3. The lowest BCUT2D eigenvalue weighted by atomic mass is 10.1. The van der Waals surface area contributed by atoms with Crippen molar-refractivity contribution >= 4 is 0 Å². The first kappa shape index (κ1) is 15.7. The van der Waals surface area contributed by atoms with Gasteiger partial charge in [-0.3, -0.25) is 4.90 Å². The highest BCUT2D eigenvalue weighted by atomic mass is 19.3. The molecule has 4 nitrogen and oxygen atoms in total. The molecule has 1 unspecified atom stereocenters. The van der Waals surface area contributed by atoms with Crippen molar-refractivity contribution in [2.24, 2.45) is 0 Å². The molecule has 0 heterocycles. The average molecular weight is 275 g/mol. The summed E-state index contributed by atoms with van der Waals surface area (Å²) in [5, 5.41) is 10.1. The van der Waals surface area contributed by atoms with Gasteiger partial charge in [0.15, 0.2) is 0 Å². The molecular weight excluding hydrogens is 256 g/mol. The molecule has 0 saturated heterocycles. The van der Waals surface area contributed by atoms with Gasteiger partial charge in [0.05, 0.1) is 26.9 Å². The Hall–Kier alpha value is -1.40. The van der Waals surface area contributed by atoms with Crippen LogP contribution in [0.3, 0.4) is 0 Å². The van der Waals surface area contributed by atoms with Crippen LogP contribution in [0.2, 0.25) is 0 Å². The minimum absolute atomic E-state index is 0.0911. The third-order valence-corrected chi connectivity index (χ3v) is 2.73. The van der Waals surface area contributed by atoms with Gasteiger partial charge < -0.3 is 14.6 Å². The van der Waals surface area contributed by atoms with Gasteiger partial charge in [0, 0.05) is 12.1 Å². The standard InChI is InChI=1S/C13H19F2NO3/c1-16(8-13(14)15)7-11(17)10-6-9(18-2)4-5-12(10)19-3/h4-6,11,13,17H,7-8H2,1-3H3. The number of hydrogen-bond donors (Lipinski definition) is 1. The summed E-state index contributed by atoms with van der Waals surface area (Å²) in [4.78, 5) is 1.37. The molecule has 0 radical (unpaired) electrons. The third-order valence-electron chi connectivity index (χ3n) is 2.73. The molecule has 1 N–H and O–H groups in total. The number of alkyl halides is 2. The van der Waals surface area contributed by atoms with Crippen molar-refractivity contribution in [1.82, 2.24) is 4.90 Å². The monoisotopic (exact) mass is 275 g/mol. The second-order valence-electron chi connectivity index (χ2n) is 4.24. The maximum Gasteiger partial charge on any atom is 0.251 e. The lowest BCUT2D eigenvalue weighted by Gasteiger charge is -2.22. The van der Waals surface area contributed by atoms with Gasteiger partial charge in [-0.15, -0.1) is 0 Å². The van der Waals surface area contributed by atoms with Gasteiger partial charge in [0.1, 0.15) is 11.5 Å². The molecule has 1 atom stereocenters. The van der Waals surface area contributed by atoms with Gasteiger partial charge in [-0.1, -0.05) is 0 Å². The summed E-state index contributed by atoms with van der Waals surface area (Å²) in [6.45, 7) is -0.294. The number of benzene rings is 1. The lowest BCUT2D eigenvalue weighted by Crippen LogP contribution is -2.29. The molecule has 0 amide bonds. The van der Waals surface area contributed by atoms with Crippen LogP contribution in [0.4, 0.5) is 8.78 Å². The summed E-state index contributed by atoms with van der Waals surface area (Å²) in [5.74, 6) is 1.07. The number of hydrogen-bond acceptors (Lipinski definition) is 4. The van der Waals surface area contributed by atoms with Crippen molar-refractivity contribution < 1.29 is 23.4 Å². The Kier molecular flexibility index (Phi) is 5.98. The van der Waals surface area contributed by atoms with Crippen LogP contribution in [-0.4, -0.2) is 50.8 Å². The molecule has 0 aliphatic rings. The SMILES string of the molecule is COc1ccc(OC)c(C(O)CN(C)CC(F)F)c1. The number of nitrogens with zero attached hydrogens (tertiary/aromatic N) is 1. The van der Waals surface area contributed by atoms with Crippen molar-refractivity contribution in [2.75, 3.05) is 34.4 Å². The number of aliphatic hydroxyl groups is 1. The Balaban J connectivity index is 2.82. The molecule has 108 valence electrons. The van der Waals surface area contributed by atoms with E-state index >= 15 is 0 Å². The molecule has 0 bridgehead atoms. The second-order valence-corrected chi connectivity index (χ2v) is 4.24. The van der Waals surface area contributed by atoms with Gasteiger partial charge in [0.2, 0.25) is 0 Å². The van der Waals surface area contributed by atoms with Gasteiger partial charge >= 0.3 is 0 Å². The summed E-state index contributed by atoms with van der Waals surface area (Å²) in [6, 6.07) is 5.02. The van der Waals surface area contributed by atoms with Gasteiger partial charge in [-0.05, 0) is 25.2 Å². The average Bonchev–Trinajstić information content (AvgIpc) is 2.36. The van der Waals surface area contributed by atoms with E-state index in [4.69, 9.17) is 9.47 Å². The predicted octanol–water partition coefficient (Wildman–Crippen LogP) is 1.93. The predicted molar refractivity (Wildman–Crippen MR) is 68.0 cm³/mol. The summed E-state index contributed by atoms with van der Waals surface area (Å²) in [5.41, 5.74) is 0.517. The number of methoxy groups -OCH3 is 2. The second kappa shape index (κ2) is 7.25. The fourth-order valence-electron chi connectivity index (χ4n) is 1.80. The van der Waals surface area contributed by atoms with Gasteiger partial charge in [0.25, 0.3) is 6.43 Å². The third kappa shape index (κ3) is 4.65. The summed E-state index contributed by atoms with van der Waals surface area (Å²) >= 11 is 0. The van der Waals surface area contributed by atoms with Crippen molar-refractivity contribution in [3.8, 4) is 11.5 Å². The summed E-state index contributed by atoms with van der Waals surface area (Å²) < 4.78 is 34.7. The van der Waals surface area contributed by atoms with Gasteiger partial charge in [-0.25, -0.2) is 8.78 Å². The van der Waals surface area contributed by atoms with Crippen molar-refractivity contribution in [1.29, 1.82) is 0 Å². The Morgan fingerprint density at radius 3 is 2.42 bits per heavy atom. The largest absolute Gasteiger partial charge is 0.497 e. The van der Waals surface area contributed by atoms with Crippen LogP contribution in [0.25, 0.3) is 0 Å². The fourth-order valence-corrected chi connectivity index (χ4v) is 1.80. The molecule has 0 aromatic heterocycles. The topological polar surface area (TPSA) is 41.9 Å². The van der Waals surface area contributed by atoms with E-state index in [2.05, 4.69) is 0 Å². The molecule has 0 fully saturated rings. The molecule has 19 heavy (non-hydrogen) atoms. The quantitative estimate of drug-likeness (QED) is 0.825. The number of halogens is 2. The van der Waals surface area contributed by atoms with Crippen LogP contribution in [-0.2, 0) is 0 Å². The summed E-state index contributed by atoms with van der Waals surface area (Å²) in [7, 11) is 4.53. The molecule has 0 saturated carbocycles. The molecule has 1 aromatic carbocycles. The van der Waals surface area contributed by atoms with E-state index in [1.54, 1.807) is 18.2 Å². The van der Waals surface area contributed by atoms with E-state index < -0.39 is 12.5 Å². The number of likely N-dealkylation sites (N-methyl/N-ethyl adjacent to an activating group) is 1. The van der Waals surface area contributed by atoms with E-state index in [0.29, 0.717) is 17.1 Å². The van der Waals surface area contributed by atoms with Gasteiger partial charge in [-0.2, -0.15) is 0 Å². The van der Waals surface area contributed by atoms with Crippen molar-refractivity contribution in [2.45, 2.75) is 12.5 Å². The molecule has 0 aliphatic carbocycles. The van der Waals surface area contributed by atoms with Crippen LogP contribution in [0.1, 0.15) is 11.7 Å². The van der Waals surface area contributed by atoms with Crippen LogP contribution in [0.5, 0.6) is 11.5 Å². The van der Waals surface area contributed by atoms with Crippen LogP contribution in [0, 0.1) is 0 Å². The summed E-state index contributed by atoms with van der Waals surface area (Å²) in [6.07, 6.45) is -3.35. The molecule has 6 heteroatoms. The van der Waals surface area contributed by atoms with Crippen molar-refractivity contribution in [3.05, 3.63) is 23.8 Å². The zero-order chi connectivity index (χ0) is 14.4. The molecule has 1 rings (SSSR count). The smallest absolute Gasteiger partial charge is 0.251 e. The fraction of sp³-hybridized carbons (Fsp3) is 0.538. The highest BCUT2D eigenvalue weighted by Gasteiger charge is 2.18. The van der Waals surface area contributed by atoms with E-state index in [-0.39, 0.29) is 13.1 Å².